The van der Waals surface area contributed by atoms with E-state index in [9.17, 15) is 14.4 Å². The second kappa shape index (κ2) is 7.73. The third kappa shape index (κ3) is 4.41. The van der Waals surface area contributed by atoms with Crippen LogP contribution < -0.4 is 0 Å². The average molecular weight is 327 g/mol. The molecule has 24 heavy (non-hydrogen) atoms. The quantitative estimate of drug-likeness (QED) is 0.458. The summed E-state index contributed by atoms with van der Waals surface area (Å²) in [5, 5.41) is 9.56. The van der Waals surface area contributed by atoms with Crippen LogP contribution in [0.1, 0.15) is 32.3 Å². The molecule has 0 spiro atoms. The number of ketones is 2. The zero-order valence-corrected chi connectivity index (χ0v) is 13.9. The first kappa shape index (κ1) is 17.7. The Morgan fingerprint density at radius 1 is 1.21 bits per heavy atom. The molecule has 0 saturated carbocycles. The number of aryl methyl sites for hydroxylation is 1. The average Bonchev–Trinajstić information content (AvgIpc) is 2.89. The Morgan fingerprint density at radius 3 is 2.58 bits per heavy atom. The van der Waals surface area contributed by atoms with Crippen molar-refractivity contribution in [1.29, 1.82) is 0 Å². The van der Waals surface area contributed by atoms with Crippen LogP contribution in [0.4, 0.5) is 0 Å². The third-order valence-electron chi connectivity index (χ3n) is 3.79. The predicted octanol–water partition coefficient (Wildman–Crippen LogP) is 3.31. The lowest BCUT2D eigenvalue weighted by Crippen LogP contribution is -2.15. The first-order chi connectivity index (χ1) is 11.4. The number of carboxylic acids is 1. The molecule has 1 N–H and O–H groups in total. The van der Waals surface area contributed by atoms with Gasteiger partial charge in [0.2, 0.25) is 5.78 Å². The molecule has 1 aromatic carbocycles. The number of fused-ring (bicyclic) bond motifs is 1. The summed E-state index contributed by atoms with van der Waals surface area (Å²) in [5.74, 6) is -2.60. The number of aromatic nitrogens is 1. The lowest BCUT2D eigenvalue weighted by Gasteiger charge is -2.07. The Bertz CT molecular complexity index is 799. The molecule has 0 unspecified atom stereocenters. The highest BCUT2D eigenvalue weighted by Gasteiger charge is 2.14. The van der Waals surface area contributed by atoms with Gasteiger partial charge in [-0.05, 0) is 30.6 Å². The predicted molar refractivity (Wildman–Crippen MR) is 92.7 cm³/mol. The van der Waals surface area contributed by atoms with Crippen molar-refractivity contribution in [2.45, 2.75) is 33.2 Å². The Hall–Kier alpha value is -2.69. The molecule has 2 rings (SSSR count). The van der Waals surface area contributed by atoms with Gasteiger partial charge in [-0.2, -0.15) is 0 Å². The summed E-state index contributed by atoms with van der Waals surface area (Å²) in [6.45, 7) is 5.23. The molecule has 0 atom stereocenters. The molecule has 0 bridgehead atoms. The fraction of sp³-hybridized carbons (Fsp3) is 0.316. The molecule has 0 fully saturated rings. The summed E-state index contributed by atoms with van der Waals surface area (Å²) in [6.07, 6.45) is 5.34. The number of hydrogen-bond donors (Lipinski definition) is 1. The number of Topliss-reactive ketones (excluding diaryl/α,β-unsaturated/α-hetero) is 1. The topological polar surface area (TPSA) is 76.4 Å². The molecule has 0 aliphatic carbocycles. The van der Waals surface area contributed by atoms with Crippen molar-refractivity contribution in [2.75, 3.05) is 0 Å². The van der Waals surface area contributed by atoms with Crippen LogP contribution in [0.2, 0.25) is 0 Å². The van der Waals surface area contributed by atoms with E-state index in [1.807, 2.05) is 30.5 Å². The van der Waals surface area contributed by atoms with Crippen molar-refractivity contribution in [3.05, 3.63) is 42.1 Å². The van der Waals surface area contributed by atoms with E-state index >= 15 is 0 Å². The number of carboxylic acid groups (broad SMARTS) is 1. The Morgan fingerprint density at radius 2 is 1.92 bits per heavy atom. The van der Waals surface area contributed by atoms with Crippen LogP contribution in [0.15, 0.2) is 36.5 Å². The molecular formula is C19H21NO4. The molecule has 1 heterocycles. The van der Waals surface area contributed by atoms with Crippen LogP contribution in [0, 0.1) is 5.92 Å². The van der Waals surface area contributed by atoms with E-state index in [0.29, 0.717) is 5.92 Å². The van der Waals surface area contributed by atoms with E-state index in [2.05, 4.69) is 18.4 Å². The molecule has 2 aromatic rings. The van der Waals surface area contributed by atoms with Gasteiger partial charge in [0, 0.05) is 29.2 Å². The van der Waals surface area contributed by atoms with Gasteiger partial charge < -0.3 is 9.67 Å². The molecule has 0 saturated heterocycles. The SMILES string of the molecule is CC(C)CCn1cc(/C=C/C(=O)CC(=O)C(=O)O)c2ccccc21. The summed E-state index contributed by atoms with van der Waals surface area (Å²) in [5.41, 5.74) is 1.97. The summed E-state index contributed by atoms with van der Waals surface area (Å²) in [7, 11) is 0. The first-order valence-electron chi connectivity index (χ1n) is 7.93. The van der Waals surface area contributed by atoms with E-state index in [1.54, 1.807) is 6.08 Å². The van der Waals surface area contributed by atoms with Crippen LogP contribution >= 0.6 is 0 Å². The highest BCUT2D eigenvalue weighted by atomic mass is 16.4. The minimum absolute atomic E-state index is 0.513. The summed E-state index contributed by atoms with van der Waals surface area (Å²) in [6, 6.07) is 7.91. The van der Waals surface area contributed by atoms with Gasteiger partial charge in [-0.3, -0.25) is 9.59 Å². The number of carbonyl (C=O) groups is 3. The number of hydrogen-bond acceptors (Lipinski definition) is 3. The number of rotatable bonds is 8. The summed E-state index contributed by atoms with van der Waals surface area (Å²) < 4.78 is 2.15. The molecule has 0 radical (unpaired) electrons. The highest BCUT2D eigenvalue weighted by molar-refractivity contribution is 6.37. The molecule has 0 aliphatic heterocycles. The van der Waals surface area contributed by atoms with E-state index in [4.69, 9.17) is 5.11 Å². The molecule has 1 aromatic heterocycles. The minimum atomic E-state index is -1.58. The van der Waals surface area contributed by atoms with Crippen LogP contribution in [0.5, 0.6) is 0 Å². The second-order valence-electron chi connectivity index (χ2n) is 6.18. The molecule has 0 aliphatic rings. The standard InChI is InChI=1S/C19H21NO4/c1-13(2)9-10-20-12-14(16-5-3-4-6-17(16)20)7-8-15(21)11-18(22)19(23)24/h3-8,12-13H,9-11H2,1-2H3,(H,23,24)/b8-7+. The van der Waals surface area contributed by atoms with Crippen molar-refractivity contribution >= 4 is 34.5 Å². The summed E-state index contributed by atoms with van der Waals surface area (Å²) >= 11 is 0. The maximum Gasteiger partial charge on any atom is 0.372 e. The monoisotopic (exact) mass is 327 g/mol. The largest absolute Gasteiger partial charge is 0.475 e. The van der Waals surface area contributed by atoms with Gasteiger partial charge in [-0.15, -0.1) is 0 Å². The fourth-order valence-corrected chi connectivity index (χ4v) is 2.47. The van der Waals surface area contributed by atoms with Crippen LogP contribution in [-0.2, 0) is 20.9 Å². The van der Waals surface area contributed by atoms with Gasteiger partial charge in [0.05, 0.1) is 6.42 Å². The molecule has 5 heteroatoms. The fourth-order valence-electron chi connectivity index (χ4n) is 2.47. The van der Waals surface area contributed by atoms with E-state index in [0.717, 1.165) is 29.4 Å². The van der Waals surface area contributed by atoms with E-state index in [1.165, 1.54) is 6.08 Å². The van der Waals surface area contributed by atoms with Gasteiger partial charge in [0.15, 0.2) is 5.78 Å². The van der Waals surface area contributed by atoms with E-state index in [-0.39, 0.29) is 0 Å². The lowest BCUT2D eigenvalue weighted by atomic mass is 10.1. The first-order valence-corrected chi connectivity index (χ1v) is 7.93. The highest BCUT2D eigenvalue weighted by Crippen LogP contribution is 2.23. The molecule has 0 amide bonds. The molecule has 126 valence electrons. The Balaban J connectivity index is 2.22. The van der Waals surface area contributed by atoms with Crippen molar-refractivity contribution in [2.24, 2.45) is 5.92 Å². The Kier molecular flexibility index (Phi) is 5.68. The van der Waals surface area contributed by atoms with Crippen LogP contribution in [0.25, 0.3) is 17.0 Å². The van der Waals surface area contributed by atoms with Gasteiger partial charge >= 0.3 is 5.97 Å². The lowest BCUT2D eigenvalue weighted by molar-refractivity contribution is -0.149. The van der Waals surface area contributed by atoms with Gasteiger partial charge in [0.25, 0.3) is 0 Å². The van der Waals surface area contributed by atoms with Crippen molar-refractivity contribution < 1.29 is 19.5 Å². The minimum Gasteiger partial charge on any atom is -0.475 e. The maximum atomic E-state index is 11.7. The van der Waals surface area contributed by atoms with Crippen LogP contribution in [0.3, 0.4) is 0 Å². The molecular weight excluding hydrogens is 306 g/mol. The number of nitrogens with zero attached hydrogens (tertiary/aromatic N) is 1. The normalized spacial score (nSPS) is 11.5. The third-order valence-corrected chi connectivity index (χ3v) is 3.79. The Labute approximate surface area is 140 Å². The van der Waals surface area contributed by atoms with Crippen LogP contribution in [-0.4, -0.2) is 27.2 Å². The van der Waals surface area contributed by atoms with Gasteiger partial charge in [-0.25, -0.2) is 4.79 Å². The number of allylic oxidation sites excluding steroid dienone is 1. The van der Waals surface area contributed by atoms with Crippen molar-refractivity contribution in [1.82, 2.24) is 4.57 Å². The number of aliphatic carboxylic acids is 1. The maximum absolute atomic E-state index is 11.7. The van der Waals surface area contributed by atoms with Gasteiger partial charge in [-0.1, -0.05) is 32.0 Å². The zero-order chi connectivity index (χ0) is 17.7. The number of carbonyl (C=O) groups excluding carboxylic acids is 2. The zero-order valence-electron chi connectivity index (χ0n) is 13.9. The second-order valence-corrected chi connectivity index (χ2v) is 6.18. The van der Waals surface area contributed by atoms with Crippen molar-refractivity contribution in [3.63, 3.8) is 0 Å². The summed E-state index contributed by atoms with van der Waals surface area (Å²) in [4.78, 5) is 33.3. The van der Waals surface area contributed by atoms with Crippen molar-refractivity contribution in [3.8, 4) is 0 Å². The number of para-hydroxylation sites is 1. The molecule has 5 nitrogen and oxygen atoms in total. The van der Waals surface area contributed by atoms with E-state index < -0.39 is 24.0 Å². The van der Waals surface area contributed by atoms with Gasteiger partial charge in [0.1, 0.15) is 0 Å². The number of benzene rings is 1. The smallest absolute Gasteiger partial charge is 0.372 e.